The average Bonchev–Trinajstić information content (AvgIpc) is 2.41. The van der Waals surface area contributed by atoms with E-state index in [2.05, 4.69) is 10.3 Å². The van der Waals surface area contributed by atoms with Gasteiger partial charge >= 0.3 is 0 Å². The number of hydrogen-bond acceptors (Lipinski definition) is 3. The number of amides is 1. The quantitative estimate of drug-likeness (QED) is 0.667. The minimum atomic E-state index is -0.294. The van der Waals surface area contributed by atoms with Crippen molar-refractivity contribution < 1.29 is 4.79 Å². The number of nitrogen functional groups attached to an aromatic ring is 1. The third-order valence-corrected chi connectivity index (χ3v) is 2.67. The predicted molar refractivity (Wildman–Crippen MR) is 77.8 cm³/mol. The van der Waals surface area contributed by atoms with Crippen LogP contribution in [0, 0.1) is 0 Å². The summed E-state index contributed by atoms with van der Waals surface area (Å²) >= 11 is 5.89. The Kier molecular flexibility index (Phi) is 4.15. The van der Waals surface area contributed by atoms with Gasteiger partial charge in [-0.05, 0) is 35.9 Å². The maximum Gasteiger partial charge on any atom is 0.249 e. The van der Waals surface area contributed by atoms with Crippen LogP contribution in [0.25, 0.3) is 6.08 Å². The lowest BCUT2D eigenvalue weighted by atomic mass is 10.2. The molecular formula is C14H12ClN3O. The van der Waals surface area contributed by atoms with Gasteiger partial charge in [-0.1, -0.05) is 23.7 Å². The summed E-state index contributed by atoms with van der Waals surface area (Å²) in [6, 6.07) is 10.6. The lowest BCUT2D eigenvalue weighted by molar-refractivity contribution is -0.111. The Hall–Kier alpha value is -2.33. The minimum Gasteiger partial charge on any atom is -0.399 e. The summed E-state index contributed by atoms with van der Waals surface area (Å²) in [5.74, 6) is 0.0496. The topological polar surface area (TPSA) is 68.0 Å². The van der Waals surface area contributed by atoms with Crippen molar-refractivity contribution in [3.63, 3.8) is 0 Å². The van der Waals surface area contributed by atoms with Crippen molar-refractivity contribution in [2.75, 3.05) is 11.1 Å². The summed E-state index contributed by atoms with van der Waals surface area (Å²) in [5.41, 5.74) is 7.14. The molecule has 1 heterocycles. The molecular weight excluding hydrogens is 262 g/mol. The van der Waals surface area contributed by atoms with E-state index in [1.165, 1.54) is 6.08 Å². The number of benzene rings is 1. The van der Waals surface area contributed by atoms with Gasteiger partial charge in [0.2, 0.25) is 5.91 Å². The molecule has 0 saturated carbocycles. The highest BCUT2D eigenvalue weighted by atomic mass is 35.5. The molecule has 0 unspecified atom stereocenters. The molecule has 0 spiro atoms. The van der Waals surface area contributed by atoms with Crippen molar-refractivity contribution >= 4 is 35.1 Å². The van der Waals surface area contributed by atoms with Crippen molar-refractivity contribution in [3.8, 4) is 0 Å². The molecule has 5 heteroatoms. The van der Waals surface area contributed by atoms with Crippen LogP contribution in [0.1, 0.15) is 5.56 Å². The third-order valence-electron chi connectivity index (χ3n) is 2.36. The smallest absolute Gasteiger partial charge is 0.249 e. The van der Waals surface area contributed by atoms with Gasteiger partial charge in [0.15, 0.2) is 5.82 Å². The Morgan fingerprint density at radius 3 is 2.68 bits per heavy atom. The zero-order valence-electron chi connectivity index (χ0n) is 10.0. The second-order valence-corrected chi connectivity index (χ2v) is 4.23. The van der Waals surface area contributed by atoms with Gasteiger partial charge in [-0.2, -0.15) is 0 Å². The van der Waals surface area contributed by atoms with Gasteiger partial charge < -0.3 is 11.1 Å². The molecule has 0 atom stereocenters. The number of rotatable bonds is 3. The van der Waals surface area contributed by atoms with Gasteiger partial charge in [-0.3, -0.25) is 4.79 Å². The summed E-state index contributed by atoms with van der Waals surface area (Å²) in [7, 11) is 0. The van der Waals surface area contributed by atoms with Crippen molar-refractivity contribution in [3.05, 3.63) is 59.3 Å². The lowest BCUT2D eigenvalue weighted by Crippen LogP contribution is -2.09. The van der Waals surface area contributed by atoms with Gasteiger partial charge in [-0.25, -0.2) is 4.98 Å². The number of nitrogens with zero attached hydrogens (tertiary/aromatic N) is 1. The van der Waals surface area contributed by atoms with E-state index >= 15 is 0 Å². The highest BCUT2D eigenvalue weighted by molar-refractivity contribution is 6.33. The number of carbonyl (C=O) groups is 1. The van der Waals surface area contributed by atoms with E-state index in [-0.39, 0.29) is 5.91 Å². The predicted octanol–water partition coefficient (Wildman–Crippen LogP) is 2.97. The molecule has 2 rings (SSSR count). The highest BCUT2D eigenvalue weighted by Crippen LogP contribution is 2.17. The number of hydrogen-bond donors (Lipinski definition) is 2. The summed E-state index contributed by atoms with van der Waals surface area (Å²) in [5, 5.41) is 3.00. The molecule has 0 radical (unpaired) electrons. The molecule has 0 bridgehead atoms. The maximum absolute atomic E-state index is 11.7. The van der Waals surface area contributed by atoms with Crippen LogP contribution in [0.2, 0.25) is 5.02 Å². The molecule has 96 valence electrons. The number of halogens is 1. The third kappa shape index (κ3) is 3.82. The fraction of sp³-hybridized carbons (Fsp3) is 0. The summed E-state index contributed by atoms with van der Waals surface area (Å²) < 4.78 is 0. The Bertz CT molecular complexity index is 608. The molecule has 0 saturated heterocycles. The first kappa shape index (κ1) is 13.1. The molecule has 0 fully saturated rings. The molecule has 4 nitrogen and oxygen atoms in total. The van der Waals surface area contributed by atoms with Gasteiger partial charge in [0.25, 0.3) is 0 Å². The van der Waals surface area contributed by atoms with Crippen LogP contribution in [0.5, 0.6) is 0 Å². The number of pyridine rings is 1. The first-order valence-electron chi connectivity index (χ1n) is 5.60. The first-order chi connectivity index (χ1) is 9.15. The SMILES string of the molecule is Nc1ccc(/C=C/C(=O)Nc2ncccc2Cl)cc1. The average molecular weight is 274 g/mol. The number of anilines is 2. The van der Waals surface area contributed by atoms with Crippen LogP contribution < -0.4 is 11.1 Å². The molecule has 19 heavy (non-hydrogen) atoms. The molecule has 2 aromatic rings. The van der Waals surface area contributed by atoms with Crippen LogP contribution in [-0.4, -0.2) is 10.9 Å². The van der Waals surface area contributed by atoms with Crippen LogP contribution in [-0.2, 0) is 4.79 Å². The van der Waals surface area contributed by atoms with E-state index in [9.17, 15) is 4.79 Å². The van der Waals surface area contributed by atoms with Gasteiger partial charge in [-0.15, -0.1) is 0 Å². The van der Waals surface area contributed by atoms with Crippen LogP contribution in [0.3, 0.4) is 0 Å². The molecule has 1 aromatic heterocycles. The highest BCUT2D eigenvalue weighted by Gasteiger charge is 2.02. The molecule has 3 N–H and O–H groups in total. The van der Waals surface area contributed by atoms with E-state index in [0.717, 1.165) is 5.56 Å². The Balaban J connectivity index is 2.02. The standard InChI is InChI=1S/C14H12ClN3O/c15-12-2-1-9-17-14(12)18-13(19)8-5-10-3-6-11(16)7-4-10/h1-9H,16H2,(H,17,18,19)/b8-5+. The molecule has 0 aliphatic heterocycles. The van der Waals surface area contributed by atoms with Crippen LogP contribution >= 0.6 is 11.6 Å². The summed E-state index contributed by atoms with van der Waals surface area (Å²) in [6.45, 7) is 0. The summed E-state index contributed by atoms with van der Waals surface area (Å²) in [4.78, 5) is 15.7. The van der Waals surface area contributed by atoms with Gasteiger partial charge in [0, 0.05) is 18.0 Å². The van der Waals surface area contributed by atoms with E-state index in [1.807, 2.05) is 12.1 Å². The second-order valence-electron chi connectivity index (χ2n) is 3.82. The Morgan fingerprint density at radius 2 is 2.00 bits per heavy atom. The molecule has 0 aliphatic carbocycles. The number of carbonyl (C=O) groups excluding carboxylic acids is 1. The Morgan fingerprint density at radius 1 is 1.26 bits per heavy atom. The lowest BCUT2D eigenvalue weighted by Gasteiger charge is -2.02. The molecule has 1 aromatic carbocycles. The largest absolute Gasteiger partial charge is 0.399 e. The van der Waals surface area contributed by atoms with E-state index in [1.54, 1.807) is 36.5 Å². The first-order valence-corrected chi connectivity index (χ1v) is 5.98. The van der Waals surface area contributed by atoms with Crippen molar-refractivity contribution in [1.82, 2.24) is 4.98 Å². The van der Waals surface area contributed by atoms with Crippen LogP contribution in [0.4, 0.5) is 11.5 Å². The van der Waals surface area contributed by atoms with Crippen molar-refractivity contribution in [1.29, 1.82) is 0 Å². The zero-order valence-corrected chi connectivity index (χ0v) is 10.8. The normalized spacial score (nSPS) is 10.6. The number of nitrogens with one attached hydrogen (secondary N) is 1. The summed E-state index contributed by atoms with van der Waals surface area (Å²) in [6.07, 6.45) is 4.66. The van der Waals surface area contributed by atoms with Crippen molar-refractivity contribution in [2.45, 2.75) is 0 Å². The number of aromatic nitrogens is 1. The zero-order chi connectivity index (χ0) is 13.7. The molecule has 1 amide bonds. The van der Waals surface area contributed by atoms with E-state index < -0.39 is 0 Å². The monoisotopic (exact) mass is 273 g/mol. The van der Waals surface area contributed by atoms with Gasteiger partial charge in [0.05, 0.1) is 5.02 Å². The molecule has 0 aliphatic rings. The number of nitrogens with two attached hydrogens (primary N) is 1. The Labute approximate surface area is 115 Å². The van der Waals surface area contributed by atoms with Crippen LogP contribution in [0.15, 0.2) is 48.7 Å². The van der Waals surface area contributed by atoms with E-state index in [0.29, 0.717) is 16.5 Å². The fourth-order valence-electron chi connectivity index (χ4n) is 1.42. The minimum absolute atomic E-state index is 0.294. The fourth-order valence-corrected chi connectivity index (χ4v) is 1.58. The maximum atomic E-state index is 11.7. The van der Waals surface area contributed by atoms with E-state index in [4.69, 9.17) is 17.3 Å². The van der Waals surface area contributed by atoms with Crippen molar-refractivity contribution in [2.24, 2.45) is 0 Å². The van der Waals surface area contributed by atoms with Gasteiger partial charge in [0.1, 0.15) is 0 Å². The second kappa shape index (κ2) is 6.02.